The van der Waals surface area contributed by atoms with Gasteiger partial charge in [-0.3, -0.25) is 4.99 Å². The number of nitrogens with two attached hydrogens (primary N) is 1. The molecule has 0 aromatic carbocycles. The summed E-state index contributed by atoms with van der Waals surface area (Å²) in [5, 5.41) is 10.2. The van der Waals surface area contributed by atoms with E-state index in [0.717, 1.165) is 23.5 Å². The second-order valence-electron chi connectivity index (χ2n) is 5.54. The summed E-state index contributed by atoms with van der Waals surface area (Å²) in [5.74, 6) is 6.02. The van der Waals surface area contributed by atoms with E-state index >= 15 is 0 Å². The minimum absolute atomic E-state index is 0.299. The minimum Gasteiger partial charge on any atom is -0.378 e. The predicted molar refractivity (Wildman–Crippen MR) is 95.5 cm³/mol. The number of allylic oxidation sites excluding steroid dienone is 3. The summed E-state index contributed by atoms with van der Waals surface area (Å²) in [7, 11) is 0. The maximum atomic E-state index is 5.40. The smallest absolute Gasteiger partial charge is 0.149 e. The van der Waals surface area contributed by atoms with Crippen molar-refractivity contribution in [1.82, 2.24) is 10.6 Å². The Balaban J connectivity index is 2.85. The first kappa shape index (κ1) is 17.8. The van der Waals surface area contributed by atoms with Crippen LogP contribution in [0.15, 0.2) is 57.6 Å². The summed E-state index contributed by atoms with van der Waals surface area (Å²) < 4.78 is 0. The van der Waals surface area contributed by atoms with Crippen LogP contribution in [0.4, 0.5) is 0 Å². The molecule has 0 spiro atoms. The van der Waals surface area contributed by atoms with Crippen molar-refractivity contribution in [2.75, 3.05) is 0 Å². The molecule has 0 saturated carbocycles. The number of amidine groups is 1. The van der Waals surface area contributed by atoms with Crippen molar-refractivity contribution in [3.63, 3.8) is 0 Å². The van der Waals surface area contributed by atoms with Gasteiger partial charge in [0, 0.05) is 17.9 Å². The number of hydrogen-bond donors (Lipinski definition) is 3. The van der Waals surface area contributed by atoms with Gasteiger partial charge >= 0.3 is 0 Å². The summed E-state index contributed by atoms with van der Waals surface area (Å²) in [5.41, 5.74) is 4.96. The summed E-state index contributed by atoms with van der Waals surface area (Å²) >= 11 is 0. The molecule has 1 heterocycles. The molecule has 0 amide bonds. The third-order valence-corrected chi connectivity index (χ3v) is 3.55. The van der Waals surface area contributed by atoms with Crippen LogP contribution in [-0.4, -0.2) is 17.6 Å². The second-order valence-corrected chi connectivity index (χ2v) is 5.54. The second kappa shape index (κ2) is 8.22. The first-order valence-corrected chi connectivity index (χ1v) is 7.48. The molecular weight excluding hydrogens is 274 g/mol. The Morgan fingerprint density at radius 3 is 2.77 bits per heavy atom. The molecule has 0 saturated heterocycles. The summed E-state index contributed by atoms with van der Waals surface area (Å²) in [6.07, 6.45) is 6.69. The van der Waals surface area contributed by atoms with E-state index in [1.165, 1.54) is 11.1 Å². The maximum Gasteiger partial charge on any atom is 0.149 e. The number of hydrogen-bond acceptors (Lipinski definition) is 4. The quantitative estimate of drug-likeness (QED) is 0.323. The molecule has 0 radical (unpaired) electrons. The fourth-order valence-corrected chi connectivity index (χ4v) is 1.83. The Labute approximate surface area is 133 Å². The van der Waals surface area contributed by atoms with Crippen molar-refractivity contribution in [1.29, 1.82) is 0 Å². The van der Waals surface area contributed by atoms with Crippen LogP contribution >= 0.6 is 0 Å². The lowest BCUT2D eigenvalue weighted by Crippen LogP contribution is -2.33. The Bertz CT molecular complexity index is 576. The molecule has 0 aromatic rings. The molecule has 1 atom stereocenters. The number of hydrazone groups is 1. The van der Waals surface area contributed by atoms with Crippen molar-refractivity contribution >= 4 is 11.5 Å². The fraction of sp³-hybridized carbons (Fsp3) is 0.412. The van der Waals surface area contributed by atoms with Gasteiger partial charge in [0.15, 0.2) is 0 Å². The van der Waals surface area contributed by atoms with Crippen LogP contribution in [0.3, 0.4) is 0 Å². The highest BCUT2D eigenvalue weighted by atomic mass is 15.2. The van der Waals surface area contributed by atoms with Gasteiger partial charge in [-0.1, -0.05) is 19.1 Å². The molecule has 22 heavy (non-hydrogen) atoms. The molecule has 1 aliphatic rings. The van der Waals surface area contributed by atoms with E-state index in [2.05, 4.69) is 48.1 Å². The predicted octanol–water partition coefficient (Wildman–Crippen LogP) is 2.96. The molecule has 5 nitrogen and oxygen atoms in total. The molecule has 1 unspecified atom stereocenters. The van der Waals surface area contributed by atoms with Crippen LogP contribution < -0.4 is 16.5 Å². The van der Waals surface area contributed by atoms with Gasteiger partial charge < -0.3 is 16.5 Å². The molecular formula is C17H27N5. The van der Waals surface area contributed by atoms with Crippen LogP contribution in [0.5, 0.6) is 0 Å². The summed E-state index contributed by atoms with van der Waals surface area (Å²) in [6, 6.07) is 0.299. The van der Waals surface area contributed by atoms with Gasteiger partial charge in [0.2, 0.25) is 0 Å². The zero-order chi connectivity index (χ0) is 16.7. The maximum absolute atomic E-state index is 5.40. The molecule has 4 N–H and O–H groups in total. The van der Waals surface area contributed by atoms with Crippen LogP contribution in [0, 0.1) is 0 Å². The molecule has 0 bridgehead atoms. The molecule has 120 valence electrons. The van der Waals surface area contributed by atoms with E-state index in [0.29, 0.717) is 11.9 Å². The van der Waals surface area contributed by atoms with Gasteiger partial charge in [-0.05, 0) is 51.8 Å². The van der Waals surface area contributed by atoms with Crippen LogP contribution in [0.2, 0.25) is 0 Å². The van der Waals surface area contributed by atoms with Crippen LogP contribution in [0.25, 0.3) is 0 Å². The number of rotatable bonds is 4. The van der Waals surface area contributed by atoms with E-state index in [9.17, 15) is 0 Å². The Morgan fingerprint density at radius 1 is 1.50 bits per heavy atom. The topological polar surface area (TPSA) is 74.8 Å². The zero-order valence-corrected chi connectivity index (χ0v) is 14.2. The number of aliphatic imine (C=N–C) groups is 1. The average Bonchev–Trinajstić information content (AvgIpc) is 2.48. The lowest BCUT2D eigenvalue weighted by atomic mass is 10.0. The van der Waals surface area contributed by atoms with Crippen molar-refractivity contribution < 1.29 is 0 Å². The summed E-state index contributed by atoms with van der Waals surface area (Å²) in [4.78, 5) is 4.47. The van der Waals surface area contributed by atoms with Crippen LogP contribution in [0.1, 0.15) is 41.0 Å². The van der Waals surface area contributed by atoms with Gasteiger partial charge in [-0.15, -0.1) is 0 Å². The fourth-order valence-electron chi connectivity index (χ4n) is 1.83. The highest BCUT2D eigenvalue weighted by Crippen LogP contribution is 2.12. The number of nitrogens with one attached hydrogen (secondary N) is 2. The van der Waals surface area contributed by atoms with Crippen LogP contribution in [-0.2, 0) is 0 Å². The average molecular weight is 301 g/mol. The molecule has 0 aliphatic carbocycles. The van der Waals surface area contributed by atoms with Gasteiger partial charge in [-0.2, -0.15) is 5.10 Å². The molecule has 5 heteroatoms. The van der Waals surface area contributed by atoms with Crippen molar-refractivity contribution in [3.05, 3.63) is 47.5 Å². The van der Waals surface area contributed by atoms with E-state index in [4.69, 9.17) is 5.84 Å². The Hall–Kier alpha value is -2.30. The highest BCUT2D eigenvalue weighted by Gasteiger charge is 2.14. The first-order chi connectivity index (χ1) is 10.4. The van der Waals surface area contributed by atoms with Crippen molar-refractivity contribution in [2.24, 2.45) is 15.9 Å². The summed E-state index contributed by atoms with van der Waals surface area (Å²) in [6.45, 7) is 14.2. The minimum atomic E-state index is 0.299. The monoisotopic (exact) mass is 301 g/mol. The van der Waals surface area contributed by atoms with Gasteiger partial charge in [0.1, 0.15) is 5.84 Å². The van der Waals surface area contributed by atoms with Gasteiger partial charge in [0.05, 0.1) is 11.4 Å². The zero-order valence-electron chi connectivity index (χ0n) is 14.2. The first-order valence-electron chi connectivity index (χ1n) is 7.48. The van der Waals surface area contributed by atoms with E-state index in [1.807, 2.05) is 26.0 Å². The standard InChI is InChI=1S/C17H27N5/c1-7-11(2)8-17(22-18)20-13(4)10-19-16-9-12(3)14(5)21-15(16)6/h8-10,14,21H,6-7,18H2,1-5H3,(H,20,22)/b11-8+,13-10+,19-16-. The van der Waals surface area contributed by atoms with Gasteiger partial charge in [0.25, 0.3) is 0 Å². The molecule has 0 aromatic heterocycles. The van der Waals surface area contributed by atoms with Crippen molar-refractivity contribution in [3.8, 4) is 0 Å². The van der Waals surface area contributed by atoms with E-state index in [-0.39, 0.29) is 0 Å². The lowest BCUT2D eigenvalue weighted by molar-refractivity contribution is 0.704. The molecule has 1 rings (SSSR count). The van der Waals surface area contributed by atoms with E-state index in [1.54, 1.807) is 6.20 Å². The lowest BCUT2D eigenvalue weighted by Gasteiger charge is -2.23. The number of nitrogens with zero attached hydrogens (tertiary/aromatic N) is 2. The largest absolute Gasteiger partial charge is 0.378 e. The molecule has 1 aliphatic heterocycles. The molecule has 0 fully saturated rings. The van der Waals surface area contributed by atoms with Gasteiger partial charge in [-0.25, -0.2) is 0 Å². The van der Waals surface area contributed by atoms with Crippen molar-refractivity contribution in [2.45, 2.75) is 47.1 Å². The Kier molecular flexibility index (Phi) is 6.63. The van der Waals surface area contributed by atoms with E-state index < -0.39 is 0 Å². The Morgan fingerprint density at radius 2 is 2.18 bits per heavy atom. The third kappa shape index (κ3) is 5.24. The SMILES string of the molecule is C=C1NC(C)C(C)=C/C1=N/C=C(\C)NC(/C=C(\C)CC)=N/N. The third-order valence-electron chi connectivity index (χ3n) is 3.55. The normalized spacial score (nSPS) is 22.5. The highest BCUT2D eigenvalue weighted by molar-refractivity contribution is 6.09.